The van der Waals surface area contributed by atoms with E-state index in [4.69, 9.17) is 4.74 Å². The Morgan fingerprint density at radius 2 is 1.87 bits per heavy atom. The van der Waals surface area contributed by atoms with E-state index in [0.29, 0.717) is 26.3 Å². The summed E-state index contributed by atoms with van der Waals surface area (Å²) in [6.07, 6.45) is 7.70. The van der Waals surface area contributed by atoms with Gasteiger partial charge in [0.05, 0.1) is 31.3 Å². The minimum atomic E-state index is 0.0670. The van der Waals surface area contributed by atoms with Crippen LogP contribution >= 0.6 is 0 Å². The number of aryl methyl sites for hydroxylation is 2. The van der Waals surface area contributed by atoms with Gasteiger partial charge in [-0.25, -0.2) is 4.98 Å². The molecule has 0 saturated carbocycles. The number of aromatic amines is 1. The third-order valence-electron chi connectivity index (χ3n) is 6.67. The standard InChI is InChI=1S/C25H24N4O2/c1-16-23(25(30)28-9-11-31-12-10-28)21(14-29(16)22-13-26-15-27-22)19-8-7-18-6-5-17-3-2-4-20(19)24(17)18/h2-4,7-8,13-15H,5-6,9-12H2,1H3,(H,26,27). The molecular weight excluding hydrogens is 388 g/mol. The molecule has 2 aliphatic rings. The lowest BCUT2D eigenvalue weighted by Crippen LogP contribution is -2.41. The van der Waals surface area contributed by atoms with Crippen LogP contribution in [-0.4, -0.2) is 51.6 Å². The quantitative estimate of drug-likeness (QED) is 0.555. The molecule has 2 aromatic carbocycles. The molecule has 156 valence electrons. The first-order valence-electron chi connectivity index (χ1n) is 10.8. The fraction of sp³-hybridized carbons (Fsp3) is 0.280. The molecule has 0 spiro atoms. The zero-order valence-electron chi connectivity index (χ0n) is 17.5. The normalized spacial score (nSPS) is 15.7. The molecule has 4 aromatic rings. The maximum absolute atomic E-state index is 13.7. The number of carbonyl (C=O) groups excluding carboxylic acids is 1. The summed E-state index contributed by atoms with van der Waals surface area (Å²) in [5, 5.41) is 2.59. The van der Waals surface area contributed by atoms with Gasteiger partial charge in [0.25, 0.3) is 5.91 Å². The smallest absolute Gasteiger partial charge is 0.256 e. The Balaban J connectivity index is 1.59. The van der Waals surface area contributed by atoms with Crippen LogP contribution in [0.4, 0.5) is 0 Å². The number of H-pyrrole nitrogens is 1. The fourth-order valence-electron chi connectivity index (χ4n) is 5.12. The van der Waals surface area contributed by atoms with Gasteiger partial charge in [0.2, 0.25) is 0 Å². The average molecular weight is 412 g/mol. The molecule has 2 aromatic heterocycles. The van der Waals surface area contributed by atoms with Crippen molar-refractivity contribution in [2.24, 2.45) is 0 Å². The first kappa shape index (κ1) is 18.4. The molecule has 1 aliphatic heterocycles. The number of morpholine rings is 1. The Hall–Kier alpha value is -3.38. The summed E-state index contributed by atoms with van der Waals surface area (Å²) in [6.45, 7) is 4.43. The molecule has 0 radical (unpaired) electrons. The third-order valence-corrected chi connectivity index (χ3v) is 6.67. The number of hydrogen-bond acceptors (Lipinski definition) is 3. The van der Waals surface area contributed by atoms with Gasteiger partial charge in [0.1, 0.15) is 5.82 Å². The molecule has 3 heterocycles. The van der Waals surface area contributed by atoms with Crippen LogP contribution in [0.25, 0.3) is 27.7 Å². The van der Waals surface area contributed by atoms with Crippen molar-refractivity contribution in [3.8, 4) is 16.9 Å². The van der Waals surface area contributed by atoms with Crippen molar-refractivity contribution in [3.63, 3.8) is 0 Å². The van der Waals surface area contributed by atoms with Gasteiger partial charge < -0.3 is 19.2 Å². The second-order valence-corrected chi connectivity index (χ2v) is 8.33. The summed E-state index contributed by atoms with van der Waals surface area (Å²) in [4.78, 5) is 23.0. The first-order valence-corrected chi connectivity index (χ1v) is 10.8. The maximum Gasteiger partial charge on any atom is 0.256 e. The number of nitrogens with zero attached hydrogens (tertiary/aromatic N) is 3. The number of imidazole rings is 1. The zero-order valence-corrected chi connectivity index (χ0v) is 17.5. The van der Waals surface area contributed by atoms with Gasteiger partial charge in [-0.3, -0.25) is 4.79 Å². The molecule has 0 atom stereocenters. The molecule has 6 rings (SSSR count). The van der Waals surface area contributed by atoms with Crippen LogP contribution in [0.3, 0.4) is 0 Å². The fourth-order valence-corrected chi connectivity index (χ4v) is 5.12. The highest BCUT2D eigenvalue weighted by molar-refractivity contribution is 6.08. The summed E-state index contributed by atoms with van der Waals surface area (Å²) < 4.78 is 7.51. The van der Waals surface area contributed by atoms with E-state index in [2.05, 4.69) is 46.5 Å². The lowest BCUT2D eigenvalue weighted by molar-refractivity contribution is 0.0303. The minimum Gasteiger partial charge on any atom is -0.378 e. The number of hydrogen-bond donors (Lipinski definition) is 1. The van der Waals surface area contributed by atoms with Crippen LogP contribution in [0.1, 0.15) is 27.2 Å². The number of aromatic nitrogens is 3. The molecule has 0 bridgehead atoms. The van der Waals surface area contributed by atoms with Crippen LogP contribution in [0.2, 0.25) is 0 Å². The Labute approximate surface area is 180 Å². The zero-order chi connectivity index (χ0) is 20.9. The molecule has 1 fully saturated rings. The van der Waals surface area contributed by atoms with Crippen LogP contribution in [0, 0.1) is 6.92 Å². The van der Waals surface area contributed by atoms with E-state index in [9.17, 15) is 4.79 Å². The van der Waals surface area contributed by atoms with Crippen molar-refractivity contribution in [1.29, 1.82) is 0 Å². The summed E-state index contributed by atoms with van der Waals surface area (Å²) in [5.41, 5.74) is 6.56. The SMILES string of the molecule is Cc1c(C(=O)N2CCOCC2)c(-c2ccc3c4c(cccc24)CC3)cn1-c1cnc[nH]1. The Morgan fingerprint density at radius 1 is 1.06 bits per heavy atom. The van der Waals surface area contributed by atoms with Crippen molar-refractivity contribution in [2.75, 3.05) is 26.3 Å². The highest BCUT2D eigenvalue weighted by Gasteiger charge is 2.28. The molecule has 1 aliphatic carbocycles. The second-order valence-electron chi connectivity index (χ2n) is 8.33. The summed E-state index contributed by atoms with van der Waals surface area (Å²) in [6, 6.07) is 11.0. The van der Waals surface area contributed by atoms with Gasteiger partial charge in [0, 0.05) is 30.5 Å². The van der Waals surface area contributed by atoms with Crippen LogP contribution in [0.5, 0.6) is 0 Å². The highest BCUT2D eigenvalue weighted by Crippen LogP contribution is 2.40. The van der Waals surface area contributed by atoms with Gasteiger partial charge in [-0.15, -0.1) is 0 Å². The maximum atomic E-state index is 13.7. The Morgan fingerprint density at radius 3 is 2.65 bits per heavy atom. The second kappa shape index (κ2) is 7.10. The minimum absolute atomic E-state index is 0.0670. The number of rotatable bonds is 3. The number of carbonyl (C=O) groups is 1. The van der Waals surface area contributed by atoms with Gasteiger partial charge in [-0.05, 0) is 47.2 Å². The van der Waals surface area contributed by atoms with Crippen LogP contribution < -0.4 is 0 Å². The summed E-state index contributed by atoms with van der Waals surface area (Å²) in [7, 11) is 0. The molecule has 1 N–H and O–H groups in total. The van der Waals surface area contributed by atoms with Gasteiger partial charge >= 0.3 is 0 Å². The van der Waals surface area contributed by atoms with Crippen LogP contribution in [-0.2, 0) is 17.6 Å². The molecule has 1 saturated heterocycles. The van der Waals surface area contributed by atoms with E-state index < -0.39 is 0 Å². The van der Waals surface area contributed by atoms with E-state index in [0.717, 1.165) is 41.0 Å². The van der Waals surface area contributed by atoms with Gasteiger partial charge in [0.15, 0.2) is 0 Å². The molecule has 31 heavy (non-hydrogen) atoms. The Kier molecular flexibility index (Phi) is 4.21. The molecule has 0 unspecified atom stereocenters. The van der Waals surface area contributed by atoms with Crippen LogP contribution in [0.15, 0.2) is 49.1 Å². The monoisotopic (exact) mass is 412 g/mol. The predicted octanol–water partition coefficient (Wildman–Crippen LogP) is 3.90. The van der Waals surface area contributed by atoms with Crippen molar-refractivity contribution in [3.05, 3.63) is 71.4 Å². The van der Waals surface area contributed by atoms with E-state index in [1.165, 1.54) is 21.9 Å². The lowest BCUT2D eigenvalue weighted by atomic mass is 9.94. The largest absolute Gasteiger partial charge is 0.378 e. The predicted molar refractivity (Wildman–Crippen MR) is 120 cm³/mol. The lowest BCUT2D eigenvalue weighted by Gasteiger charge is -2.27. The van der Waals surface area contributed by atoms with E-state index in [1.807, 2.05) is 16.4 Å². The van der Waals surface area contributed by atoms with Crippen molar-refractivity contribution >= 4 is 16.7 Å². The first-order chi connectivity index (χ1) is 15.2. The topological polar surface area (TPSA) is 63.1 Å². The van der Waals surface area contributed by atoms with Crippen molar-refractivity contribution < 1.29 is 9.53 Å². The number of nitrogens with one attached hydrogen (secondary N) is 1. The third kappa shape index (κ3) is 2.82. The van der Waals surface area contributed by atoms with E-state index in [1.54, 1.807) is 12.5 Å². The van der Waals surface area contributed by atoms with Gasteiger partial charge in [-0.2, -0.15) is 0 Å². The van der Waals surface area contributed by atoms with E-state index >= 15 is 0 Å². The summed E-state index contributed by atoms with van der Waals surface area (Å²) >= 11 is 0. The van der Waals surface area contributed by atoms with Crippen molar-refractivity contribution in [1.82, 2.24) is 19.4 Å². The molecular formula is C25H24N4O2. The molecule has 1 amide bonds. The molecule has 6 nitrogen and oxygen atoms in total. The average Bonchev–Trinajstić information content (AvgIpc) is 3.54. The van der Waals surface area contributed by atoms with Gasteiger partial charge in [-0.1, -0.05) is 30.3 Å². The number of ether oxygens (including phenoxy) is 1. The number of amides is 1. The van der Waals surface area contributed by atoms with E-state index in [-0.39, 0.29) is 5.91 Å². The highest BCUT2D eigenvalue weighted by atomic mass is 16.5. The summed E-state index contributed by atoms with van der Waals surface area (Å²) in [5.74, 6) is 0.919. The molecule has 6 heteroatoms. The van der Waals surface area contributed by atoms with Crippen molar-refractivity contribution in [2.45, 2.75) is 19.8 Å². The Bertz CT molecular complexity index is 1290. The number of benzene rings is 2.